The monoisotopic (exact) mass is 242 g/mol. The van der Waals surface area contributed by atoms with E-state index in [1.807, 2.05) is 4.68 Å². The topological polar surface area (TPSA) is 67.6 Å². The van der Waals surface area contributed by atoms with Gasteiger partial charge in [0.1, 0.15) is 17.5 Å². The fraction of sp³-hybridized carbons (Fsp3) is 0.714. The molecular formula is C14H18N4. The summed E-state index contributed by atoms with van der Waals surface area (Å²) in [4.78, 5) is 0. The summed E-state index contributed by atoms with van der Waals surface area (Å²) in [5, 5.41) is 13.4. The fourth-order valence-electron chi connectivity index (χ4n) is 4.99. The van der Waals surface area contributed by atoms with Crippen molar-refractivity contribution in [3.05, 3.63) is 11.8 Å². The Balaban J connectivity index is 1.73. The predicted molar refractivity (Wildman–Crippen MR) is 67.4 cm³/mol. The van der Waals surface area contributed by atoms with E-state index in [0.29, 0.717) is 17.4 Å². The number of rotatable bonds is 1. The first-order chi connectivity index (χ1) is 8.76. The van der Waals surface area contributed by atoms with Gasteiger partial charge in [0.15, 0.2) is 0 Å². The van der Waals surface area contributed by atoms with Gasteiger partial charge in [-0.1, -0.05) is 0 Å². The van der Waals surface area contributed by atoms with Crippen LogP contribution in [0.5, 0.6) is 0 Å². The molecule has 1 heterocycles. The molecule has 0 spiro atoms. The fourth-order valence-corrected chi connectivity index (χ4v) is 4.99. The van der Waals surface area contributed by atoms with Crippen LogP contribution in [0.1, 0.15) is 43.7 Å². The van der Waals surface area contributed by atoms with Gasteiger partial charge in [-0.2, -0.15) is 10.4 Å². The lowest BCUT2D eigenvalue weighted by atomic mass is 9.54. The van der Waals surface area contributed by atoms with E-state index in [9.17, 15) is 0 Å². The minimum atomic E-state index is 0.458. The number of aromatic nitrogens is 2. The molecule has 0 unspecified atom stereocenters. The Morgan fingerprint density at radius 2 is 1.78 bits per heavy atom. The number of nitrogens with two attached hydrogens (primary N) is 1. The first-order valence-electron chi connectivity index (χ1n) is 6.99. The van der Waals surface area contributed by atoms with Crippen LogP contribution in [0.25, 0.3) is 0 Å². The lowest BCUT2D eigenvalue weighted by Crippen LogP contribution is -2.46. The van der Waals surface area contributed by atoms with Crippen molar-refractivity contribution in [3.63, 3.8) is 0 Å². The molecule has 4 bridgehead atoms. The zero-order valence-corrected chi connectivity index (χ0v) is 10.4. The SMILES string of the molecule is N#Cc1cnn(C2C3CC4CC(C3)CC2C4)c1N. The van der Waals surface area contributed by atoms with Crippen LogP contribution in [0.4, 0.5) is 5.82 Å². The smallest absolute Gasteiger partial charge is 0.140 e. The Morgan fingerprint density at radius 1 is 1.17 bits per heavy atom. The highest BCUT2D eigenvalue weighted by atomic mass is 15.3. The Labute approximate surface area is 107 Å². The summed E-state index contributed by atoms with van der Waals surface area (Å²) in [5.41, 5.74) is 6.60. The molecule has 5 rings (SSSR count). The Hall–Kier alpha value is -1.50. The molecule has 4 aliphatic carbocycles. The highest BCUT2D eigenvalue weighted by Gasteiger charge is 2.49. The number of hydrogen-bond donors (Lipinski definition) is 1. The second kappa shape index (κ2) is 3.50. The van der Waals surface area contributed by atoms with E-state index in [0.717, 1.165) is 23.7 Å². The third-order valence-electron chi connectivity index (χ3n) is 5.41. The number of anilines is 1. The molecule has 18 heavy (non-hydrogen) atoms. The molecule has 4 nitrogen and oxygen atoms in total. The molecule has 4 saturated carbocycles. The van der Waals surface area contributed by atoms with Crippen molar-refractivity contribution in [2.45, 2.75) is 38.1 Å². The van der Waals surface area contributed by atoms with Crippen LogP contribution in [-0.2, 0) is 0 Å². The molecule has 1 aromatic rings. The summed E-state index contributed by atoms with van der Waals surface area (Å²) < 4.78 is 1.96. The normalized spacial score (nSPS) is 40.9. The largest absolute Gasteiger partial charge is 0.383 e. The highest BCUT2D eigenvalue weighted by Crippen LogP contribution is 2.58. The van der Waals surface area contributed by atoms with Gasteiger partial charge in [-0.15, -0.1) is 0 Å². The van der Waals surface area contributed by atoms with Crippen molar-refractivity contribution in [3.8, 4) is 6.07 Å². The summed E-state index contributed by atoms with van der Waals surface area (Å²) in [6.07, 6.45) is 8.47. The van der Waals surface area contributed by atoms with Crippen molar-refractivity contribution in [1.29, 1.82) is 5.26 Å². The first-order valence-corrected chi connectivity index (χ1v) is 6.99. The summed E-state index contributed by atoms with van der Waals surface area (Å²) in [5.74, 6) is 3.98. The summed E-state index contributed by atoms with van der Waals surface area (Å²) in [6, 6.07) is 2.59. The lowest BCUT2D eigenvalue weighted by molar-refractivity contribution is -0.0327. The molecule has 4 aliphatic rings. The van der Waals surface area contributed by atoms with Gasteiger partial charge in [0, 0.05) is 0 Å². The van der Waals surface area contributed by atoms with E-state index < -0.39 is 0 Å². The Bertz CT molecular complexity index is 496. The van der Waals surface area contributed by atoms with Crippen LogP contribution in [0.2, 0.25) is 0 Å². The van der Waals surface area contributed by atoms with Gasteiger partial charge in [0.05, 0.1) is 12.2 Å². The molecule has 4 fully saturated rings. The second-order valence-corrected chi connectivity index (χ2v) is 6.42. The summed E-state index contributed by atoms with van der Waals surface area (Å²) in [6.45, 7) is 0. The molecule has 1 aromatic heterocycles. The molecule has 0 radical (unpaired) electrons. The average Bonchev–Trinajstić information content (AvgIpc) is 2.70. The standard InChI is InChI=1S/C14H18N4/c15-6-12-7-17-18(14(12)16)13-10-2-8-1-9(4-10)5-11(13)3-8/h7-11,13H,1-5,16H2. The van der Waals surface area contributed by atoms with E-state index in [1.165, 1.54) is 32.1 Å². The Kier molecular flexibility index (Phi) is 2.03. The van der Waals surface area contributed by atoms with Gasteiger partial charge in [0.25, 0.3) is 0 Å². The van der Waals surface area contributed by atoms with Gasteiger partial charge in [0.2, 0.25) is 0 Å². The number of hydrogen-bond acceptors (Lipinski definition) is 3. The second-order valence-electron chi connectivity index (χ2n) is 6.42. The van der Waals surface area contributed by atoms with Crippen LogP contribution in [-0.4, -0.2) is 9.78 Å². The lowest BCUT2D eigenvalue weighted by Gasteiger charge is -2.54. The van der Waals surface area contributed by atoms with E-state index in [-0.39, 0.29) is 0 Å². The van der Waals surface area contributed by atoms with E-state index in [1.54, 1.807) is 6.20 Å². The first kappa shape index (κ1) is 10.4. The van der Waals surface area contributed by atoms with Crippen molar-refractivity contribution in [1.82, 2.24) is 9.78 Å². The van der Waals surface area contributed by atoms with Gasteiger partial charge < -0.3 is 5.73 Å². The van der Waals surface area contributed by atoms with E-state index in [2.05, 4.69) is 11.2 Å². The van der Waals surface area contributed by atoms with Crippen LogP contribution in [0.15, 0.2) is 6.20 Å². The molecule has 4 heteroatoms. The molecule has 0 aliphatic heterocycles. The maximum atomic E-state index is 9.00. The maximum absolute atomic E-state index is 9.00. The molecule has 0 saturated heterocycles. The van der Waals surface area contributed by atoms with E-state index in [4.69, 9.17) is 11.0 Å². The van der Waals surface area contributed by atoms with Crippen molar-refractivity contribution >= 4 is 5.82 Å². The number of nitrogens with zero attached hydrogens (tertiary/aromatic N) is 3. The van der Waals surface area contributed by atoms with Crippen LogP contribution < -0.4 is 5.73 Å². The van der Waals surface area contributed by atoms with Crippen LogP contribution >= 0.6 is 0 Å². The summed E-state index contributed by atoms with van der Waals surface area (Å²) >= 11 is 0. The van der Waals surface area contributed by atoms with Gasteiger partial charge in [-0.25, -0.2) is 4.68 Å². The molecule has 94 valence electrons. The number of nitriles is 1. The molecular weight excluding hydrogens is 224 g/mol. The zero-order chi connectivity index (χ0) is 12.3. The van der Waals surface area contributed by atoms with Crippen molar-refractivity contribution < 1.29 is 0 Å². The average molecular weight is 242 g/mol. The molecule has 0 atom stereocenters. The van der Waals surface area contributed by atoms with Crippen molar-refractivity contribution in [2.24, 2.45) is 23.7 Å². The molecule has 2 N–H and O–H groups in total. The highest BCUT2D eigenvalue weighted by molar-refractivity contribution is 5.47. The maximum Gasteiger partial charge on any atom is 0.140 e. The molecule has 0 aromatic carbocycles. The third kappa shape index (κ3) is 1.28. The minimum absolute atomic E-state index is 0.458. The quantitative estimate of drug-likeness (QED) is 0.821. The van der Waals surface area contributed by atoms with E-state index >= 15 is 0 Å². The van der Waals surface area contributed by atoms with Gasteiger partial charge in [-0.3, -0.25) is 0 Å². The zero-order valence-electron chi connectivity index (χ0n) is 10.4. The van der Waals surface area contributed by atoms with Gasteiger partial charge >= 0.3 is 0 Å². The Morgan fingerprint density at radius 3 is 2.28 bits per heavy atom. The van der Waals surface area contributed by atoms with Crippen LogP contribution in [0.3, 0.4) is 0 Å². The van der Waals surface area contributed by atoms with Crippen molar-refractivity contribution in [2.75, 3.05) is 5.73 Å². The molecule has 0 amide bonds. The minimum Gasteiger partial charge on any atom is -0.383 e. The number of nitrogen functional groups attached to an aromatic ring is 1. The van der Waals surface area contributed by atoms with Crippen LogP contribution in [0, 0.1) is 35.0 Å². The predicted octanol–water partition coefficient (Wildman–Crippen LogP) is 2.33. The summed E-state index contributed by atoms with van der Waals surface area (Å²) in [7, 11) is 0. The third-order valence-corrected chi connectivity index (χ3v) is 5.41. The van der Waals surface area contributed by atoms with Gasteiger partial charge in [-0.05, 0) is 55.8 Å².